The van der Waals surface area contributed by atoms with Crippen molar-refractivity contribution in [2.45, 2.75) is 64.1 Å². The van der Waals surface area contributed by atoms with Crippen molar-refractivity contribution in [1.29, 1.82) is 0 Å². The molecule has 0 saturated carbocycles. The van der Waals surface area contributed by atoms with E-state index in [1.165, 1.54) is 57.2 Å². The molecule has 28 heavy (non-hydrogen) atoms. The lowest BCUT2D eigenvalue weighted by atomic mass is 9.97. The molecule has 2 aliphatic rings. The summed E-state index contributed by atoms with van der Waals surface area (Å²) >= 11 is 0. The molecule has 0 aliphatic carbocycles. The summed E-state index contributed by atoms with van der Waals surface area (Å²) < 4.78 is 0. The molecule has 2 N–H and O–H groups in total. The second kappa shape index (κ2) is 11.4. The van der Waals surface area contributed by atoms with E-state index >= 15 is 0 Å². The number of rotatable bonds is 6. The van der Waals surface area contributed by atoms with Gasteiger partial charge in [-0.3, -0.25) is 9.89 Å². The highest BCUT2D eigenvalue weighted by Crippen LogP contribution is 2.19. The maximum atomic E-state index is 4.46. The van der Waals surface area contributed by atoms with Gasteiger partial charge in [-0.25, -0.2) is 0 Å². The van der Waals surface area contributed by atoms with Gasteiger partial charge in [-0.2, -0.15) is 0 Å². The van der Waals surface area contributed by atoms with Crippen LogP contribution in [-0.2, 0) is 6.54 Å². The summed E-state index contributed by atoms with van der Waals surface area (Å²) in [6, 6.07) is 11.9. The van der Waals surface area contributed by atoms with Crippen LogP contribution >= 0.6 is 0 Å². The van der Waals surface area contributed by atoms with Crippen molar-refractivity contribution in [2.24, 2.45) is 4.99 Å². The lowest BCUT2D eigenvalue weighted by Gasteiger charge is -2.38. The van der Waals surface area contributed by atoms with Crippen LogP contribution in [0.25, 0.3) is 0 Å². The van der Waals surface area contributed by atoms with Gasteiger partial charge in [-0.15, -0.1) is 0 Å². The van der Waals surface area contributed by atoms with Crippen LogP contribution in [0.4, 0.5) is 0 Å². The number of guanidine groups is 1. The molecule has 2 saturated heterocycles. The Morgan fingerprint density at radius 1 is 1.07 bits per heavy atom. The molecule has 2 unspecified atom stereocenters. The number of hydrogen-bond donors (Lipinski definition) is 2. The maximum Gasteiger partial charge on any atom is 0.191 e. The van der Waals surface area contributed by atoms with Crippen LogP contribution in [0, 0.1) is 0 Å². The minimum Gasteiger partial charge on any atom is -0.355 e. The van der Waals surface area contributed by atoms with Crippen LogP contribution in [0.5, 0.6) is 0 Å². The number of benzene rings is 1. The van der Waals surface area contributed by atoms with Crippen LogP contribution in [0.2, 0.25) is 0 Å². The topological polar surface area (TPSA) is 42.9 Å². The van der Waals surface area contributed by atoms with Crippen LogP contribution in [0.15, 0.2) is 35.3 Å². The minimum absolute atomic E-state index is 0.506. The predicted molar refractivity (Wildman–Crippen MR) is 119 cm³/mol. The van der Waals surface area contributed by atoms with Crippen molar-refractivity contribution >= 4 is 5.96 Å². The van der Waals surface area contributed by atoms with Gasteiger partial charge in [0, 0.05) is 45.3 Å². The van der Waals surface area contributed by atoms with Gasteiger partial charge < -0.3 is 15.5 Å². The fourth-order valence-electron chi connectivity index (χ4n) is 4.48. The highest BCUT2D eigenvalue weighted by molar-refractivity contribution is 5.79. The number of nitrogens with one attached hydrogen (secondary N) is 2. The smallest absolute Gasteiger partial charge is 0.191 e. The summed E-state index contributed by atoms with van der Waals surface area (Å²) in [7, 11) is 1.88. The molecule has 0 radical (unpaired) electrons. The third-order valence-corrected chi connectivity index (χ3v) is 6.23. The highest BCUT2D eigenvalue weighted by Gasteiger charge is 2.25. The third-order valence-electron chi connectivity index (χ3n) is 6.23. The van der Waals surface area contributed by atoms with Gasteiger partial charge in [-0.1, -0.05) is 43.2 Å². The Hall–Kier alpha value is -1.59. The van der Waals surface area contributed by atoms with Gasteiger partial charge in [0.05, 0.1) is 0 Å². The summed E-state index contributed by atoms with van der Waals surface area (Å²) in [4.78, 5) is 9.65. The third kappa shape index (κ3) is 6.78. The molecule has 2 atom stereocenters. The molecule has 2 fully saturated rings. The van der Waals surface area contributed by atoms with Crippen molar-refractivity contribution < 1.29 is 0 Å². The van der Waals surface area contributed by atoms with Gasteiger partial charge in [0.2, 0.25) is 0 Å². The first-order chi connectivity index (χ1) is 13.7. The number of aliphatic imine (C=N–C) groups is 1. The Bertz CT molecular complexity index is 580. The second-order valence-corrected chi connectivity index (χ2v) is 8.43. The molecule has 5 nitrogen and oxygen atoms in total. The Morgan fingerprint density at radius 3 is 2.50 bits per heavy atom. The van der Waals surface area contributed by atoms with E-state index in [1.807, 2.05) is 7.05 Å². The Morgan fingerprint density at radius 2 is 1.82 bits per heavy atom. The van der Waals surface area contributed by atoms with Gasteiger partial charge >= 0.3 is 0 Å². The molecule has 1 aromatic rings. The second-order valence-electron chi connectivity index (χ2n) is 8.43. The Kier molecular flexibility index (Phi) is 8.62. The zero-order valence-electron chi connectivity index (χ0n) is 17.9. The Balaban J connectivity index is 1.38. The quantitative estimate of drug-likeness (QED) is 0.583. The van der Waals surface area contributed by atoms with E-state index in [2.05, 4.69) is 62.7 Å². The van der Waals surface area contributed by atoms with Crippen molar-refractivity contribution in [3.05, 3.63) is 35.9 Å². The normalized spacial score (nSPS) is 25.3. The predicted octanol–water partition coefficient (Wildman–Crippen LogP) is 3.08. The van der Waals surface area contributed by atoms with E-state index < -0.39 is 0 Å². The van der Waals surface area contributed by atoms with Crippen molar-refractivity contribution in [3.8, 4) is 0 Å². The zero-order valence-corrected chi connectivity index (χ0v) is 17.9. The van der Waals surface area contributed by atoms with Gasteiger partial charge in [0.1, 0.15) is 0 Å². The average Bonchev–Trinajstić information content (AvgIpc) is 2.99. The monoisotopic (exact) mass is 385 g/mol. The fourth-order valence-corrected chi connectivity index (χ4v) is 4.48. The number of nitrogens with zero attached hydrogens (tertiary/aromatic N) is 3. The van der Waals surface area contributed by atoms with Gasteiger partial charge in [0.25, 0.3) is 0 Å². The van der Waals surface area contributed by atoms with Gasteiger partial charge in [-0.05, 0) is 51.3 Å². The lowest BCUT2D eigenvalue weighted by Crippen LogP contribution is -2.52. The van der Waals surface area contributed by atoms with E-state index in [0.29, 0.717) is 12.1 Å². The van der Waals surface area contributed by atoms with Crippen LogP contribution < -0.4 is 10.6 Å². The molecular weight excluding hydrogens is 346 g/mol. The first-order valence-electron chi connectivity index (χ1n) is 11.2. The average molecular weight is 386 g/mol. The van der Waals surface area contributed by atoms with Crippen molar-refractivity contribution in [2.75, 3.05) is 39.8 Å². The zero-order chi connectivity index (χ0) is 19.6. The Labute approximate surface area is 171 Å². The van der Waals surface area contributed by atoms with Crippen LogP contribution in [-0.4, -0.2) is 67.6 Å². The van der Waals surface area contributed by atoms with Crippen LogP contribution in [0.3, 0.4) is 0 Å². The lowest BCUT2D eigenvalue weighted by molar-refractivity contribution is 0.134. The van der Waals surface area contributed by atoms with E-state index in [1.54, 1.807) is 0 Å². The summed E-state index contributed by atoms with van der Waals surface area (Å²) in [6.45, 7) is 9.15. The molecule has 2 aliphatic heterocycles. The van der Waals surface area contributed by atoms with Crippen LogP contribution in [0.1, 0.15) is 51.0 Å². The number of hydrogen-bond acceptors (Lipinski definition) is 3. The van der Waals surface area contributed by atoms with Crippen molar-refractivity contribution in [3.63, 3.8) is 0 Å². The number of piperidine rings is 1. The molecule has 0 spiro atoms. The largest absolute Gasteiger partial charge is 0.355 e. The maximum absolute atomic E-state index is 4.46. The molecule has 0 bridgehead atoms. The molecular formula is C23H39N5. The molecule has 2 heterocycles. The summed E-state index contributed by atoms with van der Waals surface area (Å²) in [5.41, 5.74) is 1.41. The molecule has 0 aromatic heterocycles. The fraction of sp³-hybridized carbons (Fsp3) is 0.696. The minimum atomic E-state index is 0.506. The summed E-state index contributed by atoms with van der Waals surface area (Å²) in [5, 5.41) is 7.20. The number of likely N-dealkylation sites (tertiary alicyclic amines) is 2. The van der Waals surface area contributed by atoms with Gasteiger partial charge in [0.15, 0.2) is 5.96 Å². The highest BCUT2D eigenvalue weighted by atomic mass is 15.2. The standard InChI is InChI=1S/C23H39N5/c1-20-18-22(12-16-28(20)19-21-10-6-5-7-11-21)26-23(24-2)25-13-17-27-14-8-3-4-9-15-27/h5-7,10-11,20,22H,3-4,8-9,12-19H2,1-2H3,(H2,24,25,26). The van der Waals surface area contributed by atoms with Crippen molar-refractivity contribution in [1.82, 2.24) is 20.4 Å². The summed E-state index contributed by atoms with van der Waals surface area (Å²) in [6.07, 6.45) is 7.84. The molecule has 1 aromatic carbocycles. The first kappa shape index (κ1) is 21.1. The van der Waals surface area contributed by atoms with E-state index in [0.717, 1.165) is 32.1 Å². The molecule has 156 valence electrons. The molecule has 3 rings (SSSR count). The first-order valence-corrected chi connectivity index (χ1v) is 11.2. The van der Waals surface area contributed by atoms with E-state index in [-0.39, 0.29) is 0 Å². The van der Waals surface area contributed by atoms with E-state index in [4.69, 9.17) is 0 Å². The molecule has 5 heteroatoms. The summed E-state index contributed by atoms with van der Waals surface area (Å²) in [5.74, 6) is 0.962. The SMILES string of the molecule is CN=C(NCCN1CCCCCC1)NC1CCN(Cc2ccccc2)C(C)C1. The van der Waals surface area contributed by atoms with E-state index in [9.17, 15) is 0 Å². The molecule has 0 amide bonds.